The fraction of sp³-hybridized carbons (Fsp3) is 0.667. The second-order valence-electron chi connectivity index (χ2n) is 6.06. The van der Waals surface area contributed by atoms with Gasteiger partial charge in [0.15, 0.2) is 5.65 Å². The van der Waals surface area contributed by atoms with E-state index in [9.17, 15) is 0 Å². The zero-order chi connectivity index (χ0) is 14.8. The van der Waals surface area contributed by atoms with Crippen LogP contribution in [-0.2, 0) is 13.6 Å². The number of nitrogens with one attached hydrogen (secondary N) is 1. The van der Waals surface area contributed by atoms with E-state index < -0.39 is 0 Å². The van der Waals surface area contributed by atoms with Crippen molar-refractivity contribution in [3.8, 4) is 0 Å². The lowest BCUT2D eigenvalue weighted by molar-refractivity contribution is 0.267. The first-order valence-corrected chi connectivity index (χ1v) is 7.76. The van der Waals surface area contributed by atoms with Crippen molar-refractivity contribution < 1.29 is 0 Å². The van der Waals surface area contributed by atoms with Gasteiger partial charge in [0.1, 0.15) is 11.6 Å². The molecule has 0 aliphatic carbocycles. The molecule has 21 heavy (non-hydrogen) atoms. The highest BCUT2D eigenvalue weighted by molar-refractivity contribution is 5.86. The molecule has 2 aromatic rings. The van der Waals surface area contributed by atoms with Gasteiger partial charge in [-0.3, -0.25) is 9.58 Å². The Morgan fingerprint density at radius 3 is 2.95 bits per heavy atom. The maximum absolute atomic E-state index is 4.69. The van der Waals surface area contributed by atoms with E-state index in [0.29, 0.717) is 0 Å². The Balaban J connectivity index is 1.84. The van der Waals surface area contributed by atoms with Gasteiger partial charge in [0.05, 0.1) is 18.1 Å². The number of fused-ring (bicyclic) bond motifs is 1. The number of hydrogen-bond acceptors (Lipinski definition) is 5. The molecule has 0 bridgehead atoms. The molecule has 6 nitrogen and oxygen atoms in total. The van der Waals surface area contributed by atoms with Crippen LogP contribution in [-0.4, -0.2) is 44.8 Å². The highest BCUT2D eigenvalue weighted by atomic mass is 15.3. The third kappa shape index (κ3) is 3.00. The van der Waals surface area contributed by atoms with Crippen LogP contribution in [0.25, 0.3) is 11.0 Å². The molecule has 1 unspecified atom stereocenters. The summed E-state index contributed by atoms with van der Waals surface area (Å²) in [5.41, 5.74) is 0.896. The SMILES string of the molecule is CNc1nc(CN2CCCC(C)CC2)nc2c1cnn2C. The Morgan fingerprint density at radius 2 is 2.14 bits per heavy atom. The molecule has 6 heteroatoms. The molecule has 0 saturated carbocycles. The molecule has 1 fully saturated rings. The molecule has 1 atom stereocenters. The summed E-state index contributed by atoms with van der Waals surface area (Å²) in [6, 6.07) is 0. The number of rotatable bonds is 3. The van der Waals surface area contributed by atoms with Crippen LogP contribution in [0.5, 0.6) is 0 Å². The maximum Gasteiger partial charge on any atom is 0.163 e. The Labute approximate surface area is 125 Å². The van der Waals surface area contributed by atoms with E-state index in [0.717, 1.165) is 48.2 Å². The van der Waals surface area contributed by atoms with E-state index in [2.05, 4.69) is 27.2 Å². The second-order valence-corrected chi connectivity index (χ2v) is 6.06. The van der Waals surface area contributed by atoms with Crippen LogP contribution in [0.2, 0.25) is 0 Å². The van der Waals surface area contributed by atoms with Crippen molar-refractivity contribution in [1.29, 1.82) is 0 Å². The first kappa shape index (κ1) is 14.3. The lowest BCUT2D eigenvalue weighted by Gasteiger charge is -2.19. The van der Waals surface area contributed by atoms with Gasteiger partial charge in [-0.1, -0.05) is 6.92 Å². The van der Waals surface area contributed by atoms with Crippen LogP contribution in [0.4, 0.5) is 5.82 Å². The first-order chi connectivity index (χ1) is 10.2. The van der Waals surface area contributed by atoms with E-state index in [1.54, 1.807) is 0 Å². The molecule has 0 radical (unpaired) electrons. The summed E-state index contributed by atoms with van der Waals surface area (Å²) in [5, 5.41) is 8.42. The van der Waals surface area contributed by atoms with Crippen LogP contribution in [0.3, 0.4) is 0 Å². The number of likely N-dealkylation sites (tertiary alicyclic amines) is 1. The molecule has 0 spiro atoms. The number of hydrogen-bond donors (Lipinski definition) is 1. The fourth-order valence-corrected chi connectivity index (χ4v) is 3.01. The largest absolute Gasteiger partial charge is 0.372 e. The normalized spacial score (nSPS) is 20.6. The third-order valence-corrected chi connectivity index (χ3v) is 4.35. The van der Waals surface area contributed by atoms with Crippen LogP contribution < -0.4 is 5.32 Å². The molecule has 0 amide bonds. The summed E-state index contributed by atoms with van der Waals surface area (Å²) in [7, 11) is 3.82. The highest BCUT2D eigenvalue weighted by Crippen LogP contribution is 2.21. The van der Waals surface area contributed by atoms with Crippen molar-refractivity contribution in [3.63, 3.8) is 0 Å². The molecule has 3 rings (SSSR count). The Bertz CT molecular complexity index is 620. The molecule has 2 aromatic heterocycles. The first-order valence-electron chi connectivity index (χ1n) is 7.76. The lowest BCUT2D eigenvalue weighted by Crippen LogP contribution is -2.25. The standard InChI is InChI=1S/C15H24N6/c1-11-5-4-7-21(8-6-11)10-13-18-14(16-2)12-9-17-20(3)15(12)19-13/h9,11H,4-8,10H2,1-3H3,(H,16,18,19). The Kier molecular flexibility index (Phi) is 4.05. The molecule has 114 valence electrons. The molecule has 0 aromatic carbocycles. The monoisotopic (exact) mass is 288 g/mol. The van der Waals surface area contributed by atoms with Gasteiger partial charge < -0.3 is 5.32 Å². The van der Waals surface area contributed by atoms with Crippen LogP contribution in [0.1, 0.15) is 32.0 Å². The van der Waals surface area contributed by atoms with Crippen LogP contribution in [0, 0.1) is 5.92 Å². The smallest absolute Gasteiger partial charge is 0.163 e. The average Bonchev–Trinajstić information content (AvgIpc) is 2.72. The van der Waals surface area contributed by atoms with E-state index in [1.165, 1.54) is 19.3 Å². The molecule has 1 N–H and O–H groups in total. The van der Waals surface area contributed by atoms with Gasteiger partial charge in [0.25, 0.3) is 0 Å². The van der Waals surface area contributed by atoms with Gasteiger partial charge in [-0.05, 0) is 38.3 Å². The topological polar surface area (TPSA) is 58.9 Å². The number of aryl methyl sites for hydroxylation is 1. The van der Waals surface area contributed by atoms with Crippen molar-refractivity contribution in [3.05, 3.63) is 12.0 Å². The van der Waals surface area contributed by atoms with Gasteiger partial charge in [-0.2, -0.15) is 5.10 Å². The van der Waals surface area contributed by atoms with Gasteiger partial charge >= 0.3 is 0 Å². The Hall–Kier alpha value is -1.69. The summed E-state index contributed by atoms with van der Waals surface area (Å²) < 4.78 is 1.81. The van der Waals surface area contributed by atoms with Crippen molar-refractivity contribution in [2.75, 3.05) is 25.5 Å². The van der Waals surface area contributed by atoms with Gasteiger partial charge in [-0.15, -0.1) is 0 Å². The minimum atomic E-state index is 0.822. The van der Waals surface area contributed by atoms with Crippen molar-refractivity contribution >= 4 is 16.9 Å². The molecule has 1 aliphatic rings. The Morgan fingerprint density at radius 1 is 1.29 bits per heavy atom. The molecule has 3 heterocycles. The van der Waals surface area contributed by atoms with Gasteiger partial charge in [-0.25, -0.2) is 9.97 Å². The molecular weight excluding hydrogens is 264 g/mol. The highest BCUT2D eigenvalue weighted by Gasteiger charge is 2.17. The van der Waals surface area contributed by atoms with Crippen molar-refractivity contribution in [1.82, 2.24) is 24.6 Å². The summed E-state index contributed by atoms with van der Waals surface area (Å²) in [5.74, 6) is 2.58. The molecular formula is C15H24N6. The minimum Gasteiger partial charge on any atom is -0.372 e. The summed E-state index contributed by atoms with van der Waals surface area (Å²) in [6.45, 7) is 5.46. The average molecular weight is 288 g/mol. The predicted octanol–water partition coefficient (Wildman–Crippen LogP) is 2.03. The summed E-state index contributed by atoms with van der Waals surface area (Å²) in [6.07, 6.45) is 5.69. The number of aromatic nitrogens is 4. The fourth-order valence-electron chi connectivity index (χ4n) is 3.01. The van der Waals surface area contributed by atoms with E-state index in [4.69, 9.17) is 4.98 Å². The molecule has 1 saturated heterocycles. The maximum atomic E-state index is 4.69. The van der Waals surface area contributed by atoms with E-state index in [1.807, 2.05) is 25.0 Å². The van der Waals surface area contributed by atoms with E-state index >= 15 is 0 Å². The van der Waals surface area contributed by atoms with Gasteiger partial charge in [0.2, 0.25) is 0 Å². The van der Waals surface area contributed by atoms with Crippen molar-refractivity contribution in [2.24, 2.45) is 13.0 Å². The molecule has 1 aliphatic heterocycles. The number of anilines is 1. The predicted molar refractivity (Wildman–Crippen MR) is 84.1 cm³/mol. The lowest BCUT2D eigenvalue weighted by atomic mass is 10.0. The van der Waals surface area contributed by atoms with E-state index in [-0.39, 0.29) is 0 Å². The zero-order valence-corrected chi connectivity index (χ0v) is 13.1. The van der Waals surface area contributed by atoms with Crippen LogP contribution >= 0.6 is 0 Å². The van der Waals surface area contributed by atoms with Crippen LogP contribution in [0.15, 0.2) is 6.20 Å². The summed E-state index contributed by atoms with van der Waals surface area (Å²) >= 11 is 0. The van der Waals surface area contributed by atoms with Crippen molar-refractivity contribution in [2.45, 2.75) is 32.7 Å². The zero-order valence-electron chi connectivity index (χ0n) is 13.1. The number of nitrogens with zero attached hydrogens (tertiary/aromatic N) is 5. The van der Waals surface area contributed by atoms with Gasteiger partial charge in [0, 0.05) is 14.1 Å². The third-order valence-electron chi connectivity index (χ3n) is 4.35. The minimum absolute atomic E-state index is 0.822. The second kappa shape index (κ2) is 5.97. The summed E-state index contributed by atoms with van der Waals surface area (Å²) in [4.78, 5) is 11.8. The quantitative estimate of drug-likeness (QED) is 0.936.